The van der Waals surface area contributed by atoms with E-state index in [4.69, 9.17) is 0 Å². The number of nitrogens with one attached hydrogen (secondary N) is 2. The summed E-state index contributed by atoms with van der Waals surface area (Å²) in [6.07, 6.45) is 1.34. The second-order valence-corrected chi connectivity index (χ2v) is 9.82. The van der Waals surface area contributed by atoms with Gasteiger partial charge in [-0.25, -0.2) is 22.9 Å². The minimum absolute atomic E-state index is 0.0377. The average molecular weight is 446 g/mol. The maximum absolute atomic E-state index is 12.6. The zero-order valence-electron chi connectivity index (χ0n) is 17.8. The third-order valence-electron chi connectivity index (χ3n) is 4.42. The van der Waals surface area contributed by atoms with Gasteiger partial charge in [0.05, 0.1) is 22.2 Å². The smallest absolute Gasteiger partial charge is 0.321 e. The number of pyridine rings is 1. The van der Waals surface area contributed by atoms with Crippen LogP contribution in [0.3, 0.4) is 0 Å². The Hall–Kier alpha value is -3.31. The number of aromatic nitrogens is 3. The second kappa shape index (κ2) is 7.75. The summed E-state index contributed by atoms with van der Waals surface area (Å²) in [6, 6.07) is 6.90. The average Bonchev–Trinajstić information content (AvgIpc) is 2.69. The van der Waals surface area contributed by atoms with Gasteiger partial charge in [0.1, 0.15) is 5.65 Å². The molecular formula is C20H23N5O5S. The first-order chi connectivity index (χ1) is 14.3. The lowest BCUT2D eigenvalue weighted by atomic mass is 10.1. The van der Waals surface area contributed by atoms with Gasteiger partial charge in [0.25, 0.3) is 11.5 Å². The number of anilines is 1. The number of carbonyl (C=O) groups is 1. The molecule has 0 fully saturated rings. The fourth-order valence-electron chi connectivity index (χ4n) is 2.98. The third kappa shape index (κ3) is 4.57. The first kappa shape index (κ1) is 22.4. The van der Waals surface area contributed by atoms with E-state index in [-0.39, 0.29) is 27.2 Å². The predicted octanol–water partition coefficient (Wildman–Crippen LogP) is 0.961. The monoisotopic (exact) mass is 445 g/mol. The molecule has 2 aromatic heterocycles. The summed E-state index contributed by atoms with van der Waals surface area (Å²) in [5.74, 6) is -0.504. The highest BCUT2D eigenvalue weighted by Gasteiger charge is 2.22. The van der Waals surface area contributed by atoms with Gasteiger partial charge in [-0.3, -0.25) is 18.7 Å². The van der Waals surface area contributed by atoms with Crippen molar-refractivity contribution in [2.45, 2.75) is 31.2 Å². The first-order valence-electron chi connectivity index (χ1n) is 9.31. The Morgan fingerprint density at radius 3 is 2.23 bits per heavy atom. The zero-order chi connectivity index (χ0) is 23.1. The van der Waals surface area contributed by atoms with E-state index < -0.39 is 32.7 Å². The lowest BCUT2D eigenvalue weighted by Crippen LogP contribution is -2.40. The van der Waals surface area contributed by atoms with E-state index >= 15 is 0 Å². The Balaban J connectivity index is 1.87. The van der Waals surface area contributed by atoms with Crippen molar-refractivity contribution in [2.24, 2.45) is 14.1 Å². The summed E-state index contributed by atoms with van der Waals surface area (Å²) >= 11 is 0. The number of carbonyl (C=O) groups excluding carboxylic acids is 1. The first-order valence-corrected chi connectivity index (χ1v) is 10.8. The molecule has 10 nitrogen and oxygen atoms in total. The quantitative estimate of drug-likeness (QED) is 0.615. The molecule has 0 atom stereocenters. The number of nitrogens with zero attached hydrogens (tertiary/aromatic N) is 3. The van der Waals surface area contributed by atoms with Crippen LogP contribution in [0.5, 0.6) is 0 Å². The molecule has 0 radical (unpaired) electrons. The normalized spacial score (nSPS) is 12.2. The van der Waals surface area contributed by atoms with E-state index in [1.807, 2.05) is 0 Å². The van der Waals surface area contributed by atoms with Gasteiger partial charge < -0.3 is 5.32 Å². The molecule has 3 rings (SSSR count). The van der Waals surface area contributed by atoms with Gasteiger partial charge in [0.15, 0.2) is 0 Å². The largest absolute Gasteiger partial charge is 0.332 e. The Kier molecular flexibility index (Phi) is 5.59. The van der Waals surface area contributed by atoms with Crippen LogP contribution in [0.15, 0.2) is 51.0 Å². The van der Waals surface area contributed by atoms with Crippen molar-refractivity contribution in [1.29, 1.82) is 0 Å². The van der Waals surface area contributed by atoms with E-state index in [9.17, 15) is 22.8 Å². The molecule has 11 heteroatoms. The van der Waals surface area contributed by atoms with E-state index in [2.05, 4.69) is 15.0 Å². The number of benzene rings is 1. The Morgan fingerprint density at radius 2 is 1.65 bits per heavy atom. The van der Waals surface area contributed by atoms with E-state index in [1.54, 1.807) is 20.8 Å². The number of aryl methyl sites for hydroxylation is 1. The van der Waals surface area contributed by atoms with Gasteiger partial charge >= 0.3 is 5.69 Å². The number of fused-ring (bicyclic) bond motifs is 1. The second-order valence-electron chi connectivity index (χ2n) is 8.13. The summed E-state index contributed by atoms with van der Waals surface area (Å²) in [4.78, 5) is 41.1. The molecule has 0 aliphatic heterocycles. The molecule has 0 aliphatic rings. The van der Waals surface area contributed by atoms with E-state index in [0.717, 1.165) is 4.57 Å². The summed E-state index contributed by atoms with van der Waals surface area (Å²) in [7, 11) is -0.857. The Labute approximate surface area is 178 Å². The fraction of sp³-hybridized carbons (Fsp3) is 0.300. The van der Waals surface area contributed by atoms with Crippen LogP contribution in [0.1, 0.15) is 31.1 Å². The van der Waals surface area contributed by atoms with Crippen LogP contribution in [0.4, 0.5) is 5.69 Å². The van der Waals surface area contributed by atoms with Gasteiger partial charge in [-0.05, 0) is 51.1 Å². The standard InChI is InChI=1S/C20H23N5O5S/c1-20(2,3)23-31(29,30)14-8-6-12(7-9-14)17(26)22-13-10-15-16(21-11-13)24(4)19(28)25(5)18(15)27/h6-11,23H,1-5H3,(H,22,26). The third-order valence-corrected chi connectivity index (χ3v) is 6.19. The minimum atomic E-state index is -3.72. The van der Waals surface area contributed by atoms with Gasteiger partial charge in [-0.1, -0.05) is 0 Å². The predicted molar refractivity (Wildman–Crippen MR) is 117 cm³/mol. The molecule has 0 spiro atoms. The lowest BCUT2D eigenvalue weighted by Gasteiger charge is -2.20. The molecule has 1 aromatic carbocycles. The molecule has 1 amide bonds. The number of sulfonamides is 1. The van der Waals surface area contributed by atoms with Crippen LogP contribution in [-0.2, 0) is 24.1 Å². The van der Waals surface area contributed by atoms with Crippen LogP contribution < -0.4 is 21.3 Å². The highest BCUT2D eigenvalue weighted by molar-refractivity contribution is 7.89. The van der Waals surface area contributed by atoms with Gasteiger partial charge in [0, 0.05) is 25.2 Å². The highest BCUT2D eigenvalue weighted by atomic mass is 32.2. The minimum Gasteiger partial charge on any atom is -0.321 e. The summed E-state index contributed by atoms with van der Waals surface area (Å²) < 4.78 is 29.5. The number of hydrogen-bond acceptors (Lipinski definition) is 6. The van der Waals surface area contributed by atoms with Crippen molar-refractivity contribution in [3.63, 3.8) is 0 Å². The zero-order valence-corrected chi connectivity index (χ0v) is 18.6. The molecule has 2 heterocycles. The van der Waals surface area contributed by atoms with Crippen LogP contribution in [0.2, 0.25) is 0 Å². The van der Waals surface area contributed by atoms with Crippen molar-refractivity contribution in [3.05, 3.63) is 62.9 Å². The summed E-state index contributed by atoms with van der Waals surface area (Å²) in [5, 5.41) is 2.80. The fourth-order valence-corrected chi connectivity index (χ4v) is 4.40. The molecule has 0 bridgehead atoms. The molecule has 0 saturated heterocycles. The van der Waals surface area contributed by atoms with Crippen molar-refractivity contribution in [3.8, 4) is 0 Å². The molecule has 0 saturated carbocycles. The maximum atomic E-state index is 12.6. The van der Waals surface area contributed by atoms with Crippen LogP contribution in [0.25, 0.3) is 11.0 Å². The number of amides is 1. The Morgan fingerprint density at radius 1 is 1.03 bits per heavy atom. The van der Waals surface area contributed by atoms with Gasteiger partial charge in [-0.2, -0.15) is 0 Å². The maximum Gasteiger partial charge on any atom is 0.332 e. The van der Waals surface area contributed by atoms with Crippen molar-refractivity contribution >= 4 is 32.7 Å². The van der Waals surface area contributed by atoms with Crippen LogP contribution >= 0.6 is 0 Å². The van der Waals surface area contributed by atoms with Crippen LogP contribution in [-0.4, -0.2) is 34.0 Å². The van der Waals surface area contributed by atoms with Crippen molar-refractivity contribution in [1.82, 2.24) is 18.8 Å². The molecule has 0 aliphatic carbocycles. The molecule has 31 heavy (non-hydrogen) atoms. The number of hydrogen-bond donors (Lipinski definition) is 2. The summed E-state index contributed by atoms with van der Waals surface area (Å²) in [6.45, 7) is 5.19. The lowest BCUT2D eigenvalue weighted by molar-refractivity contribution is 0.102. The summed E-state index contributed by atoms with van der Waals surface area (Å²) in [5.41, 5.74) is -0.978. The van der Waals surface area contributed by atoms with Crippen molar-refractivity contribution < 1.29 is 13.2 Å². The van der Waals surface area contributed by atoms with Crippen molar-refractivity contribution in [2.75, 3.05) is 5.32 Å². The molecule has 0 unspecified atom stereocenters. The number of rotatable bonds is 4. The Bertz CT molecular complexity index is 1400. The topological polar surface area (TPSA) is 132 Å². The van der Waals surface area contributed by atoms with Crippen LogP contribution in [0, 0.1) is 0 Å². The molecule has 2 N–H and O–H groups in total. The highest BCUT2D eigenvalue weighted by Crippen LogP contribution is 2.16. The SMILES string of the molecule is Cn1c(=O)c2cc(NC(=O)c3ccc(S(=O)(=O)NC(C)(C)C)cc3)cnc2n(C)c1=O. The molecular weight excluding hydrogens is 422 g/mol. The molecule has 3 aromatic rings. The van der Waals surface area contributed by atoms with Gasteiger partial charge in [0.2, 0.25) is 10.0 Å². The van der Waals surface area contributed by atoms with Gasteiger partial charge in [-0.15, -0.1) is 0 Å². The molecule has 164 valence electrons. The van der Waals surface area contributed by atoms with E-state index in [0.29, 0.717) is 0 Å². The van der Waals surface area contributed by atoms with E-state index in [1.165, 1.54) is 55.2 Å².